The molecule has 1 saturated carbocycles. The van der Waals surface area contributed by atoms with Crippen molar-refractivity contribution in [3.8, 4) is 5.88 Å². The summed E-state index contributed by atoms with van der Waals surface area (Å²) in [5.41, 5.74) is 0. The van der Waals surface area contributed by atoms with Crippen LogP contribution in [0, 0.1) is 0 Å². The normalized spacial score (nSPS) is 17.2. The molecule has 1 aliphatic carbocycles. The first kappa shape index (κ1) is 14.5. The molecule has 0 aliphatic heterocycles. The Hall–Kier alpha value is -0.870. The molecule has 1 fully saturated rings. The summed E-state index contributed by atoms with van der Waals surface area (Å²) in [6.45, 7) is 2.94. The highest BCUT2D eigenvalue weighted by atomic mass is 35.5. The number of rotatable bonds is 5. The van der Waals surface area contributed by atoms with Gasteiger partial charge in [-0.1, -0.05) is 24.4 Å². The Morgan fingerprint density at radius 1 is 1.21 bits per heavy atom. The van der Waals surface area contributed by atoms with E-state index in [0.717, 1.165) is 12.8 Å². The fraction of sp³-hybridized carbons (Fsp3) is 0.714. The number of halogens is 1. The Morgan fingerprint density at radius 2 is 1.95 bits per heavy atom. The van der Waals surface area contributed by atoms with Crippen molar-refractivity contribution in [1.29, 1.82) is 0 Å². The van der Waals surface area contributed by atoms with Crippen LogP contribution in [0.2, 0.25) is 5.15 Å². The summed E-state index contributed by atoms with van der Waals surface area (Å²) in [5, 5.41) is 0.410. The molecule has 0 N–H and O–H groups in total. The summed E-state index contributed by atoms with van der Waals surface area (Å²) in [7, 11) is 0. The number of aromatic nitrogens is 2. The molecule has 0 radical (unpaired) electrons. The zero-order chi connectivity index (χ0) is 13.5. The van der Waals surface area contributed by atoms with Gasteiger partial charge in [0, 0.05) is 12.7 Å². The molecule has 0 amide bonds. The number of hydrogen-bond donors (Lipinski definition) is 0. The van der Waals surface area contributed by atoms with Crippen molar-refractivity contribution in [3.63, 3.8) is 0 Å². The van der Waals surface area contributed by atoms with Gasteiger partial charge in [0.1, 0.15) is 17.9 Å². The van der Waals surface area contributed by atoms with E-state index in [9.17, 15) is 0 Å². The fourth-order valence-electron chi connectivity index (χ4n) is 2.29. The van der Waals surface area contributed by atoms with Crippen LogP contribution in [0.4, 0.5) is 0 Å². The van der Waals surface area contributed by atoms with Gasteiger partial charge in [0.15, 0.2) is 5.82 Å². The van der Waals surface area contributed by atoms with E-state index in [1.54, 1.807) is 6.07 Å². The van der Waals surface area contributed by atoms with Gasteiger partial charge in [-0.15, -0.1) is 0 Å². The average Bonchev–Trinajstić information content (AvgIpc) is 2.64. The van der Waals surface area contributed by atoms with Crippen LogP contribution < -0.4 is 4.74 Å². The summed E-state index contributed by atoms with van der Waals surface area (Å²) in [4.78, 5) is 8.49. The van der Waals surface area contributed by atoms with E-state index in [4.69, 9.17) is 21.1 Å². The second-order valence-corrected chi connectivity index (χ2v) is 5.20. The maximum atomic E-state index is 5.99. The van der Waals surface area contributed by atoms with Gasteiger partial charge >= 0.3 is 0 Å². The highest BCUT2D eigenvalue weighted by Gasteiger charge is 2.15. The smallest absolute Gasteiger partial charge is 0.218 e. The van der Waals surface area contributed by atoms with Crippen molar-refractivity contribution in [2.45, 2.75) is 58.2 Å². The van der Waals surface area contributed by atoms with Gasteiger partial charge in [-0.05, 0) is 32.6 Å². The Labute approximate surface area is 119 Å². The van der Waals surface area contributed by atoms with Crippen LogP contribution in [-0.4, -0.2) is 22.7 Å². The maximum absolute atomic E-state index is 5.99. The van der Waals surface area contributed by atoms with Crippen LogP contribution in [0.5, 0.6) is 5.88 Å². The molecule has 0 aromatic carbocycles. The second kappa shape index (κ2) is 7.65. The average molecular weight is 285 g/mol. The minimum Gasteiger partial charge on any atom is -0.474 e. The standard InChI is InChI=1S/C14H21ClN2O2/c1-2-18-10-13-16-12(15)9-14(17-13)19-11-7-5-3-4-6-8-11/h9,11H,2-8,10H2,1H3. The van der Waals surface area contributed by atoms with E-state index in [1.807, 2.05) is 6.92 Å². The second-order valence-electron chi connectivity index (χ2n) is 4.81. The molecule has 1 aromatic rings. The van der Waals surface area contributed by atoms with Crippen LogP contribution in [0.25, 0.3) is 0 Å². The molecule has 1 aromatic heterocycles. The monoisotopic (exact) mass is 284 g/mol. The van der Waals surface area contributed by atoms with Crippen LogP contribution >= 0.6 is 11.6 Å². The first-order valence-corrected chi connectivity index (χ1v) is 7.43. The van der Waals surface area contributed by atoms with Gasteiger partial charge in [0.2, 0.25) is 5.88 Å². The molecule has 5 heteroatoms. The molecule has 0 atom stereocenters. The van der Waals surface area contributed by atoms with Crippen molar-refractivity contribution in [1.82, 2.24) is 9.97 Å². The van der Waals surface area contributed by atoms with Gasteiger partial charge in [0.05, 0.1) is 0 Å². The van der Waals surface area contributed by atoms with Gasteiger partial charge < -0.3 is 9.47 Å². The van der Waals surface area contributed by atoms with Crippen LogP contribution in [0.1, 0.15) is 51.3 Å². The third kappa shape index (κ3) is 4.96. The molecule has 1 heterocycles. The third-order valence-corrected chi connectivity index (χ3v) is 3.44. The van der Waals surface area contributed by atoms with Crippen LogP contribution in [0.3, 0.4) is 0 Å². The zero-order valence-electron chi connectivity index (χ0n) is 11.4. The Kier molecular flexibility index (Phi) is 5.86. The van der Waals surface area contributed by atoms with E-state index in [2.05, 4.69) is 9.97 Å². The minimum absolute atomic E-state index is 0.258. The van der Waals surface area contributed by atoms with Gasteiger partial charge in [0.25, 0.3) is 0 Å². The summed E-state index contributed by atoms with van der Waals surface area (Å²) in [6.07, 6.45) is 7.53. The summed E-state index contributed by atoms with van der Waals surface area (Å²) >= 11 is 5.99. The highest BCUT2D eigenvalue weighted by Crippen LogP contribution is 2.23. The molecule has 0 unspecified atom stereocenters. The van der Waals surface area contributed by atoms with Gasteiger partial charge in [-0.2, -0.15) is 4.98 Å². The predicted octanol–water partition coefficient (Wildman–Crippen LogP) is 3.77. The summed E-state index contributed by atoms with van der Waals surface area (Å²) in [5.74, 6) is 1.15. The fourth-order valence-corrected chi connectivity index (χ4v) is 2.48. The van der Waals surface area contributed by atoms with E-state index in [-0.39, 0.29) is 6.10 Å². The molecular formula is C14H21ClN2O2. The molecule has 0 bridgehead atoms. The van der Waals surface area contributed by atoms with E-state index in [1.165, 1.54) is 25.7 Å². The van der Waals surface area contributed by atoms with Gasteiger partial charge in [-0.3, -0.25) is 0 Å². The predicted molar refractivity (Wildman–Crippen MR) is 74.5 cm³/mol. The van der Waals surface area contributed by atoms with Gasteiger partial charge in [-0.25, -0.2) is 4.98 Å². The summed E-state index contributed by atoms with van der Waals surface area (Å²) < 4.78 is 11.2. The number of ether oxygens (including phenoxy) is 2. The zero-order valence-corrected chi connectivity index (χ0v) is 12.2. The SMILES string of the molecule is CCOCc1nc(Cl)cc(OC2CCCCCC2)n1. The van der Waals surface area contributed by atoms with Crippen molar-refractivity contribution in [2.75, 3.05) is 6.61 Å². The molecule has 0 spiro atoms. The first-order valence-electron chi connectivity index (χ1n) is 7.06. The van der Waals surface area contributed by atoms with Crippen molar-refractivity contribution in [3.05, 3.63) is 17.0 Å². The minimum atomic E-state index is 0.258. The van der Waals surface area contributed by atoms with E-state index >= 15 is 0 Å². The lowest BCUT2D eigenvalue weighted by Crippen LogP contribution is -2.16. The molecule has 4 nitrogen and oxygen atoms in total. The van der Waals surface area contributed by atoms with Crippen LogP contribution in [-0.2, 0) is 11.3 Å². The Bertz CT molecular complexity index is 393. The lowest BCUT2D eigenvalue weighted by Gasteiger charge is -2.16. The lowest BCUT2D eigenvalue weighted by molar-refractivity contribution is 0.125. The Morgan fingerprint density at radius 3 is 2.63 bits per heavy atom. The highest BCUT2D eigenvalue weighted by molar-refractivity contribution is 6.29. The molecule has 19 heavy (non-hydrogen) atoms. The molecular weight excluding hydrogens is 264 g/mol. The lowest BCUT2D eigenvalue weighted by atomic mass is 10.1. The number of nitrogens with zero attached hydrogens (tertiary/aromatic N) is 2. The summed E-state index contributed by atoms with van der Waals surface area (Å²) in [6, 6.07) is 1.68. The third-order valence-electron chi connectivity index (χ3n) is 3.24. The largest absolute Gasteiger partial charge is 0.474 e. The Balaban J connectivity index is 1.99. The van der Waals surface area contributed by atoms with E-state index in [0.29, 0.717) is 30.1 Å². The molecule has 106 valence electrons. The maximum Gasteiger partial charge on any atom is 0.218 e. The molecule has 2 rings (SSSR count). The quantitative estimate of drug-likeness (QED) is 0.610. The van der Waals surface area contributed by atoms with Crippen molar-refractivity contribution in [2.24, 2.45) is 0 Å². The molecule has 1 aliphatic rings. The molecule has 0 saturated heterocycles. The topological polar surface area (TPSA) is 44.2 Å². The van der Waals surface area contributed by atoms with Crippen molar-refractivity contribution >= 4 is 11.6 Å². The van der Waals surface area contributed by atoms with E-state index < -0.39 is 0 Å². The first-order chi connectivity index (χ1) is 9.28. The van der Waals surface area contributed by atoms with Crippen molar-refractivity contribution < 1.29 is 9.47 Å². The van der Waals surface area contributed by atoms with Crippen LogP contribution in [0.15, 0.2) is 6.07 Å². The number of hydrogen-bond acceptors (Lipinski definition) is 4.